The number of hydrogen-bond donors (Lipinski definition) is 2. The van der Waals surface area contributed by atoms with Crippen molar-refractivity contribution in [2.45, 2.75) is 33.2 Å². The molecule has 0 spiro atoms. The summed E-state index contributed by atoms with van der Waals surface area (Å²) in [6.45, 7) is 9.74. The highest BCUT2D eigenvalue weighted by Crippen LogP contribution is 2.38. The fourth-order valence-corrected chi connectivity index (χ4v) is 3.63. The molecule has 0 amide bonds. The van der Waals surface area contributed by atoms with E-state index in [4.69, 9.17) is 5.11 Å². The number of fused-ring (bicyclic) bond motifs is 1. The number of carbonyl (C=O) groups is 1. The number of rotatable bonds is 5. The molecule has 0 aromatic heterocycles. The van der Waals surface area contributed by atoms with Gasteiger partial charge in [0.15, 0.2) is 0 Å². The third kappa shape index (κ3) is 3.87. The molecular weight excluding hydrogens is 338 g/mol. The van der Waals surface area contributed by atoms with E-state index < -0.39 is 5.97 Å². The van der Waals surface area contributed by atoms with Gasteiger partial charge in [0.1, 0.15) is 0 Å². The number of nitrogens with one attached hydrogen (secondary N) is 1. The van der Waals surface area contributed by atoms with Crippen molar-refractivity contribution in [3.05, 3.63) is 65.2 Å². The average Bonchev–Trinajstić information content (AvgIpc) is 2.62. The predicted octanol–water partition coefficient (Wildman–Crippen LogP) is 4.85. The van der Waals surface area contributed by atoms with E-state index in [2.05, 4.69) is 67.4 Å². The Kier molecular flexibility index (Phi) is 5.04. The number of carboxylic acids is 1. The van der Waals surface area contributed by atoms with Gasteiger partial charge in [-0.2, -0.15) is 5.10 Å². The average molecular weight is 363 g/mol. The zero-order chi connectivity index (χ0) is 19.6. The third-order valence-corrected chi connectivity index (χ3v) is 4.86. The van der Waals surface area contributed by atoms with Gasteiger partial charge >= 0.3 is 5.97 Å². The third-order valence-electron chi connectivity index (χ3n) is 4.86. The van der Waals surface area contributed by atoms with Crippen molar-refractivity contribution >= 4 is 29.1 Å². The van der Waals surface area contributed by atoms with Crippen LogP contribution in [0.5, 0.6) is 0 Å². The van der Waals surface area contributed by atoms with Gasteiger partial charge in [-0.05, 0) is 75.2 Å². The zero-order valence-corrected chi connectivity index (χ0v) is 16.2. The molecule has 1 aliphatic heterocycles. The van der Waals surface area contributed by atoms with E-state index in [0.717, 1.165) is 17.8 Å². The lowest BCUT2D eigenvalue weighted by atomic mass is 9.88. The first-order valence-corrected chi connectivity index (χ1v) is 9.06. The fourth-order valence-electron chi connectivity index (χ4n) is 3.63. The molecule has 1 aliphatic rings. The number of hydrogen-bond acceptors (Lipinski definition) is 4. The smallest absolute Gasteiger partial charge is 0.335 e. The molecule has 0 bridgehead atoms. The van der Waals surface area contributed by atoms with Crippen LogP contribution in [0.4, 0.5) is 11.4 Å². The van der Waals surface area contributed by atoms with Crippen LogP contribution in [0.1, 0.15) is 49.2 Å². The van der Waals surface area contributed by atoms with Gasteiger partial charge in [-0.3, -0.25) is 5.43 Å². The van der Waals surface area contributed by atoms with Crippen LogP contribution < -0.4 is 10.3 Å². The molecule has 0 aliphatic carbocycles. The summed E-state index contributed by atoms with van der Waals surface area (Å²) in [5, 5.41) is 13.2. The number of aromatic carboxylic acids is 1. The standard InChI is InChI=1S/C22H25N3O2/c1-5-25-20-11-6-16(12-19(20)15(2)13-22(25,3)4)14-23-24-18-9-7-17(8-10-18)21(26)27/h6-14,24H,5H2,1-4H3,(H,26,27)/b23-14+. The largest absolute Gasteiger partial charge is 0.478 e. The second kappa shape index (κ2) is 7.27. The van der Waals surface area contributed by atoms with Crippen molar-refractivity contribution in [3.63, 3.8) is 0 Å². The van der Waals surface area contributed by atoms with Gasteiger partial charge in [0, 0.05) is 17.8 Å². The van der Waals surface area contributed by atoms with E-state index in [-0.39, 0.29) is 11.1 Å². The highest BCUT2D eigenvalue weighted by molar-refractivity contribution is 5.89. The Labute approximate surface area is 160 Å². The molecule has 3 rings (SSSR count). The number of likely N-dealkylation sites (N-methyl/N-ethyl adjacent to an activating group) is 1. The van der Waals surface area contributed by atoms with Crippen LogP contribution in [0.2, 0.25) is 0 Å². The van der Waals surface area contributed by atoms with Crippen LogP contribution >= 0.6 is 0 Å². The van der Waals surface area contributed by atoms with Crippen LogP contribution in [0.15, 0.2) is 53.6 Å². The summed E-state index contributed by atoms with van der Waals surface area (Å²) in [4.78, 5) is 13.3. The Morgan fingerprint density at radius 1 is 1.22 bits per heavy atom. The van der Waals surface area contributed by atoms with Gasteiger partial charge < -0.3 is 10.0 Å². The topological polar surface area (TPSA) is 64.9 Å². The van der Waals surface area contributed by atoms with Gasteiger partial charge in [-0.15, -0.1) is 0 Å². The SMILES string of the molecule is CCN1c2ccc(/C=N/Nc3ccc(C(=O)O)cc3)cc2C(C)=CC1(C)C. The van der Waals surface area contributed by atoms with Crippen LogP contribution in [0, 0.1) is 0 Å². The number of carboxylic acid groups (broad SMARTS) is 1. The first kappa shape index (κ1) is 18.7. The maximum Gasteiger partial charge on any atom is 0.335 e. The Morgan fingerprint density at radius 2 is 1.93 bits per heavy atom. The van der Waals surface area contributed by atoms with E-state index in [1.54, 1.807) is 30.5 Å². The first-order valence-electron chi connectivity index (χ1n) is 9.06. The Morgan fingerprint density at radius 3 is 2.56 bits per heavy atom. The fraction of sp³-hybridized carbons (Fsp3) is 0.273. The molecule has 0 unspecified atom stereocenters. The van der Waals surface area contributed by atoms with Crippen molar-refractivity contribution < 1.29 is 9.90 Å². The summed E-state index contributed by atoms with van der Waals surface area (Å²) in [5.41, 5.74) is 8.69. The number of nitrogens with zero attached hydrogens (tertiary/aromatic N) is 2. The molecule has 0 radical (unpaired) electrons. The molecule has 140 valence electrons. The minimum atomic E-state index is -0.938. The molecule has 1 heterocycles. The molecule has 0 fully saturated rings. The van der Waals surface area contributed by atoms with Crippen molar-refractivity contribution in [1.29, 1.82) is 0 Å². The maximum atomic E-state index is 10.9. The molecule has 0 saturated carbocycles. The highest BCUT2D eigenvalue weighted by atomic mass is 16.4. The van der Waals surface area contributed by atoms with Gasteiger partial charge in [-0.1, -0.05) is 12.1 Å². The Hall–Kier alpha value is -3.08. The minimum Gasteiger partial charge on any atom is -0.478 e. The molecule has 0 saturated heterocycles. The number of benzene rings is 2. The predicted molar refractivity (Wildman–Crippen MR) is 112 cm³/mol. The minimum absolute atomic E-state index is 0.00507. The molecule has 5 heteroatoms. The number of allylic oxidation sites excluding steroid dienone is 1. The van der Waals surface area contributed by atoms with Gasteiger partial charge in [0.2, 0.25) is 0 Å². The van der Waals surface area contributed by atoms with Gasteiger partial charge in [-0.25, -0.2) is 4.79 Å². The van der Waals surface area contributed by atoms with E-state index >= 15 is 0 Å². The Balaban J connectivity index is 1.78. The van der Waals surface area contributed by atoms with Crippen molar-refractivity contribution in [1.82, 2.24) is 0 Å². The van der Waals surface area contributed by atoms with Crippen molar-refractivity contribution in [2.75, 3.05) is 16.9 Å². The van der Waals surface area contributed by atoms with Crippen LogP contribution in [-0.2, 0) is 0 Å². The normalized spacial score (nSPS) is 15.4. The van der Waals surface area contributed by atoms with Crippen molar-refractivity contribution in [2.24, 2.45) is 5.10 Å². The number of hydrazone groups is 1. The van der Waals surface area contributed by atoms with Crippen LogP contribution in [-0.4, -0.2) is 29.4 Å². The summed E-state index contributed by atoms with van der Waals surface area (Å²) in [7, 11) is 0. The van der Waals surface area contributed by atoms with E-state index in [0.29, 0.717) is 0 Å². The second-order valence-corrected chi connectivity index (χ2v) is 7.25. The second-order valence-electron chi connectivity index (χ2n) is 7.25. The lowest BCUT2D eigenvalue weighted by Crippen LogP contribution is -2.44. The molecule has 5 nitrogen and oxygen atoms in total. The summed E-state index contributed by atoms with van der Waals surface area (Å²) in [5.74, 6) is -0.938. The molecule has 2 aromatic rings. The number of anilines is 2. The quantitative estimate of drug-likeness (QED) is 0.588. The monoisotopic (exact) mass is 363 g/mol. The Bertz CT molecular complexity index is 912. The summed E-state index contributed by atoms with van der Waals surface area (Å²) in [6, 6.07) is 12.9. The van der Waals surface area contributed by atoms with Crippen molar-refractivity contribution in [3.8, 4) is 0 Å². The lowest BCUT2D eigenvalue weighted by molar-refractivity contribution is 0.0697. The molecule has 27 heavy (non-hydrogen) atoms. The highest BCUT2D eigenvalue weighted by Gasteiger charge is 2.29. The van der Waals surface area contributed by atoms with Crippen LogP contribution in [0.25, 0.3) is 5.57 Å². The molecule has 0 atom stereocenters. The molecular formula is C22H25N3O2. The first-order chi connectivity index (χ1) is 12.8. The summed E-state index contributed by atoms with van der Waals surface area (Å²) >= 11 is 0. The van der Waals surface area contributed by atoms with Gasteiger partial charge in [0.05, 0.1) is 23.0 Å². The molecule has 2 aromatic carbocycles. The van der Waals surface area contributed by atoms with Crippen LogP contribution in [0.3, 0.4) is 0 Å². The van der Waals surface area contributed by atoms with E-state index in [9.17, 15) is 4.79 Å². The van der Waals surface area contributed by atoms with E-state index in [1.165, 1.54) is 16.8 Å². The van der Waals surface area contributed by atoms with Gasteiger partial charge in [0.25, 0.3) is 0 Å². The molecule has 2 N–H and O–H groups in total. The van der Waals surface area contributed by atoms with E-state index in [1.807, 2.05) is 0 Å². The zero-order valence-electron chi connectivity index (χ0n) is 16.2. The summed E-state index contributed by atoms with van der Waals surface area (Å²) < 4.78 is 0. The summed E-state index contributed by atoms with van der Waals surface area (Å²) in [6.07, 6.45) is 4.08. The maximum absolute atomic E-state index is 10.9. The lowest BCUT2D eigenvalue weighted by Gasteiger charge is -2.42.